The Hall–Kier alpha value is -0.590. The van der Waals surface area contributed by atoms with Gasteiger partial charge in [0, 0.05) is 0 Å². The van der Waals surface area contributed by atoms with Crippen LogP contribution in [0.3, 0.4) is 0 Å². The lowest BCUT2D eigenvalue weighted by atomic mass is 10.0. The van der Waals surface area contributed by atoms with Crippen LogP contribution in [0.5, 0.6) is 0 Å². The Bertz CT molecular complexity index is 132. The molecule has 0 aromatic heterocycles. The zero-order chi connectivity index (χ0) is 7.44. The summed E-state index contributed by atoms with van der Waals surface area (Å²) in [7, 11) is 0. The van der Waals surface area contributed by atoms with Crippen LogP contribution in [0.25, 0.3) is 0 Å². The molecule has 0 unspecified atom stereocenters. The fourth-order valence-electron chi connectivity index (χ4n) is 0.548. The van der Waals surface area contributed by atoms with E-state index in [-0.39, 0.29) is 0 Å². The van der Waals surface area contributed by atoms with E-state index in [4.69, 9.17) is 0 Å². The predicted molar refractivity (Wildman–Crippen MR) is 39.3 cm³/mol. The van der Waals surface area contributed by atoms with E-state index in [0.717, 1.165) is 11.9 Å². The van der Waals surface area contributed by atoms with Gasteiger partial charge in [0.1, 0.15) is 6.29 Å². The number of aldehydes is 1. The Kier molecular flexibility index (Phi) is 3.21. The molecule has 1 heteroatoms. The quantitative estimate of drug-likeness (QED) is 0.409. The second-order valence-electron chi connectivity index (χ2n) is 2.64. The van der Waals surface area contributed by atoms with E-state index in [9.17, 15) is 4.79 Å². The molecule has 0 aliphatic carbocycles. The number of hydrogen-bond donors (Lipinski definition) is 0. The summed E-state index contributed by atoms with van der Waals surface area (Å²) in [6.45, 7) is 8.02. The molecule has 0 aromatic rings. The van der Waals surface area contributed by atoms with E-state index >= 15 is 0 Å². The molecule has 0 bridgehead atoms. The maximum atomic E-state index is 10.2. The topological polar surface area (TPSA) is 17.1 Å². The predicted octanol–water partition coefficient (Wildman–Crippen LogP) is 2.18. The monoisotopic (exact) mass is 126 g/mol. The van der Waals surface area contributed by atoms with Crippen LogP contribution in [0.2, 0.25) is 0 Å². The van der Waals surface area contributed by atoms with E-state index in [1.165, 1.54) is 5.57 Å². The van der Waals surface area contributed by atoms with Crippen LogP contribution in [0.4, 0.5) is 0 Å². The van der Waals surface area contributed by atoms with Crippen LogP contribution in [-0.2, 0) is 4.79 Å². The maximum absolute atomic E-state index is 10.2. The lowest BCUT2D eigenvalue weighted by Gasteiger charge is -2.04. The van der Waals surface area contributed by atoms with Gasteiger partial charge in [-0.25, -0.2) is 0 Å². The molecular formula is C8H14O. The molecule has 52 valence electrons. The number of carbonyl (C=O) groups excluding carboxylic acids is 1. The molecule has 0 heterocycles. The van der Waals surface area contributed by atoms with Crippen molar-refractivity contribution in [2.24, 2.45) is 5.92 Å². The molecule has 0 saturated heterocycles. The number of hydrogen-bond acceptors (Lipinski definition) is 1. The van der Waals surface area contributed by atoms with Crippen molar-refractivity contribution in [3.8, 4) is 0 Å². The van der Waals surface area contributed by atoms with Crippen LogP contribution in [0.15, 0.2) is 11.1 Å². The molecule has 0 fully saturated rings. The van der Waals surface area contributed by atoms with Crippen molar-refractivity contribution >= 4 is 6.29 Å². The van der Waals surface area contributed by atoms with Gasteiger partial charge in [0.2, 0.25) is 0 Å². The normalized spacial score (nSPS) is 13.4. The molecule has 0 amide bonds. The Morgan fingerprint density at radius 3 is 1.89 bits per heavy atom. The highest BCUT2D eigenvalue weighted by atomic mass is 16.1. The molecule has 0 aliphatic rings. The van der Waals surface area contributed by atoms with Crippen molar-refractivity contribution in [3.05, 3.63) is 11.1 Å². The Morgan fingerprint density at radius 2 is 1.78 bits per heavy atom. The minimum atomic E-state index is 0.496. The fourth-order valence-corrected chi connectivity index (χ4v) is 0.548. The van der Waals surface area contributed by atoms with Crippen molar-refractivity contribution in [2.45, 2.75) is 27.7 Å². The van der Waals surface area contributed by atoms with E-state index in [1.807, 2.05) is 13.8 Å². The third-order valence-electron chi connectivity index (χ3n) is 1.66. The average Bonchev–Trinajstić information content (AvgIpc) is 1.84. The molecule has 0 rings (SSSR count). The summed E-state index contributed by atoms with van der Waals surface area (Å²) in [5.41, 5.74) is 2.05. The Balaban J connectivity index is 4.27. The molecule has 0 aliphatic heterocycles. The molecule has 0 saturated carbocycles. The minimum absolute atomic E-state index is 0.496. The molecule has 9 heavy (non-hydrogen) atoms. The highest BCUT2D eigenvalue weighted by Crippen LogP contribution is 2.11. The second-order valence-corrected chi connectivity index (χ2v) is 2.64. The van der Waals surface area contributed by atoms with Crippen molar-refractivity contribution in [1.29, 1.82) is 0 Å². The lowest BCUT2D eigenvalue weighted by molar-refractivity contribution is -0.104. The first kappa shape index (κ1) is 8.41. The third-order valence-corrected chi connectivity index (χ3v) is 1.66. The SMILES string of the molecule is C/C(C=O)=C(\C)C(C)C. The number of carbonyl (C=O) groups is 1. The fraction of sp³-hybridized carbons (Fsp3) is 0.625. The van der Waals surface area contributed by atoms with Gasteiger partial charge in [0.05, 0.1) is 0 Å². The first-order chi connectivity index (χ1) is 4.09. The maximum Gasteiger partial charge on any atom is 0.145 e. The van der Waals surface area contributed by atoms with E-state index < -0.39 is 0 Å². The van der Waals surface area contributed by atoms with Gasteiger partial charge in [-0.05, 0) is 25.3 Å². The summed E-state index contributed by atoms with van der Waals surface area (Å²) >= 11 is 0. The standard InChI is InChI=1S/C8H14O/c1-6(2)8(4)7(3)5-9/h5-6H,1-4H3/b8-7-. The molecule has 0 aromatic carbocycles. The molecule has 0 N–H and O–H groups in total. The van der Waals surface area contributed by atoms with E-state index in [2.05, 4.69) is 13.8 Å². The molecule has 0 atom stereocenters. The van der Waals surface area contributed by atoms with Crippen LogP contribution >= 0.6 is 0 Å². The highest BCUT2D eigenvalue weighted by molar-refractivity contribution is 5.73. The largest absolute Gasteiger partial charge is 0.298 e. The van der Waals surface area contributed by atoms with Crippen molar-refractivity contribution in [3.63, 3.8) is 0 Å². The third kappa shape index (κ3) is 2.45. The van der Waals surface area contributed by atoms with Gasteiger partial charge in [-0.2, -0.15) is 0 Å². The van der Waals surface area contributed by atoms with Gasteiger partial charge in [-0.1, -0.05) is 19.4 Å². The summed E-state index contributed by atoms with van der Waals surface area (Å²) in [5, 5.41) is 0. The molecule has 0 radical (unpaired) electrons. The highest BCUT2D eigenvalue weighted by Gasteiger charge is 1.98. The summed E-state index contributed by atoms with van der Waals surface area (Å²) in [6, 6.07) is 0. The van der Waals surface area contributed by atoms with Gasteiger partial charge in [0.15, 0.2) is 0 Å². The smallest absolute Gasteiger partial charge is 0.145 e. The number of rotatable bonds is 2. The van der Waals surface area contributed by atoms with Crippen LogP contribution in [0.1, 0.15) is 27.7 Å². The van der Waals surface area contributed by atoms with Gasteiger partial charge in [-0.15, -0.1) is 0 Å². The van der Waals surface area contributed by atoms with Gasteiger partial charge >= 0.3 is 0 Å². The van der Waals surface area contributed by atoms with E-state index in [1.54, 1.807) is 0 Å². The van der Waals surface area contributed by atoms with Crippen molar-refractivity contribution in [2.75, 3.05) is 0 Å². The first-order valence-corrected chi connectivity index (χ1v) is 3.22. The van der Waals surface area contributed by atoms with Gasteiger partial charge in [-0.3, -0.25) is 4.79 Å². The summed E-state index contributed by atoms with van der Waals surface area (Å²) in [4.78, 5) is 10.2. The van der Waals surface area contributed by atoms with Crippen LogP contribution < -0.4 is 0 Å². The Morgan fingerprint density at radius 1 is 1.33 bits per heavy atom. The summed E-state index contributed by atoms with van der Waals surface area (Å²) < 4.78 is 0. The van der Waals surface area contributed by atoms with Crippen LogP contribution in [-0.4, -0.2) is 6.29 Å². The molecule has 0 spiro atoms. The minimum Gasteiger partial charge on any atom is -0.298 e. The second kappa shape index (κ2) is 3.44. The van der Waals surface area contributed by atoms with Crippen molar-refractivity contribution < 1.29 is 4.79 Å². The molecular weight excluding hydrogens is 112 g/mol. The van der Waals surface area contributed by atoms with Gasteiger partial charge < -0.3 is 0 Å². The van der Waals surface area contributed by atoms with Crippen molar-refractivity contribution in [1.82, 2.24) is 0 Å². The van der Waals surface area contributed by atoms with Gasteiger partial charge in [0.25, 0.3) is 0 Å². The Labute approximate surface area is 56.8 Å². The zero-order valence-corrected chi connectivity index (χ0v) is 6.56. The molecule has 1 nitrogen and oxygen atoms in total. The zero-order valence-electron chi connectivity index (χ0n) is 6.56. The average molecular weight is 126 g/mol. The number of allylic oxidation sites excluding steroid dienone is 2. The summed E-state index contributed by atoms with van der Waals surface area (Å²) in [6.07, 6.45) is 0.912. The summed E-state index contributed by atoms with van der Waals surface area (Å²) in [5.74, 6) is 0.496. The van der Waals surface area contributed by atoms with Crippen LogP contribution in [0, 0.1) is 5.92 Å². The lowest BCUT2D eigenvalue weighted by Crippen LogP contribution is -1.93. The first-order valence-electron chi connectivity index (χ1n) is 3.22. The van der Waals surface area contributed by atoms with E-state index in [0.29, 0.717) is 5.92 Å².